The van der Waals surface area contributed by atoms with Crippen molar-refractivity contribution in [2.24, 2.45) is 5.73 Å². The molecule has 1 rings (SSSR count). The van der Waals surface area contributed by atoms with Gasteiger partial charge < -0.3 is 10.6 Å². The highest BCUT2D eigenvalue weighted by Crippen LogP contribution is 2.14. The van der Waals surface area contributed by atoms with Crippen LogP contribution in [-0.4, -0.2) is 29.4 Å². The predicted octanol–water partition coefficient (Wildman–Crippen LogP) is 1.71. The van der Waals surface area contributed by atoms with Crippen LogP contribution in [0.2, 0.25) is 0 Å². The van der Waals surface area contributed by atoms with Gasteiger partial charge >= 0.3 is 0 Å². The average Bonchev–Trinajstić information content (AvgIpc) is 2.25. The monoisotopic (exact) mass is 258 g/mol. The Balaban J connectivity index is 2.85. The first-order chi connectivity index (χ1) is 7.93. The lowest BCUT2D eigenvalue weighted by Crippen LogP contribution is -2.31. The highest BCUT2D eigenvalue weighted by atomic mass is 32.1. The third-order valence-electron chi connectivity index (χ3n) is 2.22. The Kier molecular flexibility index (Phi) is 4.51. The molecule has 6 heteroatoms. The number of nitrogens with zero attached hydrogens (tertiary/aromatic N) is 1. The molecule has 17 heavy (non-hydrogen) atoms. The molecule has 0 aromatic heterocycles. The van der Waals surface area contributed by atoms with E-state index in [1.54, 1.807) is 0 Å². The number of amides is 1. The summed E-state index contributed by atoms with van der Waals surface area (Å²) < 4.78 is 26.6. The van der Waals surface area contributed by atoms with Gasteiger partial charge in [-0.05, 0) is 12.1 Å². The molecule has 0 saturated heterocycles. The van der Waals surface area contributed by atoms with Crippen molar-refractivity contribution in [3.8, 4) is 0 Å². The van der Waals surface area contributed by atoms with E-state index in [0.717, 1.165) is 12.1 Å². The normalized spacial score (nSPS) is 10.1. The minimum atomic E-state index is -0.878. The van der Waals surface area contributed by atoms with E-state index in [1.807, 2.05) is 0 Å². The SMILES string of the molecule is CN(CCC(N)=S)C(=O)c1c(F)cccc1F. The minimum Gasteiger partial charge on any atom is -0.393 e. The van der Waals surface area contributed by atoms with Gasteiger partial charge in [-0.1, -0.05) is 18.3 Å². The number of nitrogens with two attached hydrogens (primary N) is 1. The first-order valence-electron chi connectivity index (χ1n) is 4.91. The van der Waals surface area contributed by atoms with Crippen LogP contribution in [0.15, 0.2) is 18.2 Å². The molecule has 0 radical (unpaired) electrons. The fraction of sp³-hybridized carbons (Fsp3) is 0.273. The summed E-state index contributed by atoms with van der Waals surface area (Å²) in [6.07, 6.45) is 0.313. The molecule has 3 nitrogen and oxygen atoms in total. The topological polar surface area (TPSA) is 46.3 Å². The molecule has 0 saturated carbocycles. The van der Waals surface area contributed by atoms with E-state index in [0.29, 0.717) is 6.42 Å². The standard InChI is InChI=1S/C11H12F2N2OS/c1-15(6-5-9(14)17)11(16)10-7(12)3-2-4-8(10)13/h2-4H,5-6H2,1H3,(H2,14,17). The van der Waals surface area contributed by atoms with E-state index < -0.39 is 23.1 Å². The molecule has 0 fully saturated rings. The Morgan fingerprint density at radius 1 is 1.41 bits per heavy atom. The van der Waals surface area contributed by atoms with E-state index in [1.165, 1.54) is 18.0 Å². The van der Waals surface area contributed by atoms with E-state index in [4.69, 9.17) is 5.73 Å². The highest BCUT2D eigenvalue weighted by molar-refractivity contribution is 7.80. The van der Waals surface area contributed by atoms with Crippen LogP contribution < -0.4 is 5.73 Å². The van der Waals surface area contributed by atoms with Crippen LogP contribution in [0.5, 0.6) is 0 Å². The lowest BCUT2D eigenvalue weighted by molar-refractivity contribution is 0.0789. The third kappa shape index (κ3) is 3.45. The molecule has 0 aliphatic heterocycles. The van der Waals surface area contributed by atoms with Crippen molar-refractivity contribution in [2.75, 3.05) is 13.6 Å². The van der Waals surface area contributed by atoms with Crippen LogP contribution in [0.1, 0.15) is 16.8 Å². The van der Waals surface area contributed by atoms with Crippen LogP contribution in [0.25, 0.3) is 0 Å². The zero-order valence-corrected chi connectivity index (χ0v) is 10.1. The van der Waals surface area contributed by atoms with Crippen molar-refractivity contribution in [3.63, 3.8) is 0 Å². The number of rotatable bonds is 4. The maximum Gasteiger partial charge on any atom is 0.259 e. The minimum absolute atomic E-state index is 0.224. The number of hydrogen-bond donors (Lipinski definition) is 1. The van der Waals surface area contributed by atoms with Crippen molar-refractivity contribution in [1.29, 1.82) is 0 Å². The number of thiocarbonyl (C=S) groups is 1. The van der Waals surface area contributed by atoms with Gasteiger partial charge in [0.15, 0.2) is 0 Å². The molecule has 1 aromatic carbocycles. The molecule has 92 valence electrons. The third-order valence-corrected chi connectivity index (χ3v) is 2.42. The molecule has 1 amide bonds. The highest BCUT2D eigenvalue weighted by Gasteiger charge is 2.20. The Morgan fingerprint density at radius 3 is 2.41 bits per heavy atom. The fourth-order valence-corrected chi connectivity index (χ4v) is 1.36. The van der Waals surface area contributed by atoms with Crippen molar-refractivity contribution < 1.29 is 13.6 Å². The Labute approximate surface area is 103 Å². The van der Waals surface area contributed by atoms with Gasteiger partial charge in [0.1, 0.15) is 17.2 Å². The van der Waals surface area contributed by atoms with E-state index in [9.17, 15) is 13.6 Å². The average molecular weight is 258 g/mol. The Morgan fingerprint density at radius 2 is 1.94 bits per heavy atom. The summed E-state index contributed by atoms with van der Waals surface area (Å²) in [6, 6.07) is 3.28. The second-order valence-electron chi connectivity index (χ2n) is 3.54. The van der Waals surface area contributed by atoms with Crippen LogP contribution in [-0.2, 0) is 0 Å². The second kappa shape index (κ2) is 5.67. The van der Waals surface area contributed by atoms with Gasteiger partial charge in [-0.15, -0.1) is 0 Å². The van der Waals surface area contributed by atoms with E-state index in [2.05, 4.69) is 12.2 Å². The molecule has 0 aliphatic rings. The van der Waals surface area contributed by atoms with Gasteiger partial charge in [0.2, 0.25) is 0 Å². The first-order valence-corrected chi connectivity index (χ1v) is 5.32. The molecule has 0 spiro atoms. The predicted molar refractivity (Wildman–Crippen MR) is 64.7 cm³/mol. The molecule has 0 aliphatic carbocycles. The van der Waals surface area contributed by atoms with E-state index >= 15 is 0 Å². The second-order valence-corrected chi connectivity index (χ2v) is 4.06. The summed E-state index contributed by atoms with van der Waals surface area (Å²) in [4.78, 5) is 13.2. The van der Waals surface area contributed by atoms with Gasteiger partial charge in [-0.3, -0.25) is 4.79 Å². The number of benzene rings is 1. The quantitative estimate of drug-likeness (QED) is 0.836. The van der Waals surface area contributed by atoms with Crippen LogP contribution >= 0.6 is 12.2 Å². The molecular formula is C11H12F2N2OS. The van der Waals surface area contributed by atoms with Gasteiger partial charge in [-0.2, -0.15) is 0 Å². The zero-order valence-electron chi connectivity index (χ0n) is 9.24. The molecule has 2 N–H and O–H groups in total. The number of carbonyl (C=O) groups excluding carboxylic acids is 1. The van der Waals surface area contributed by atoms with Gasteiger partial charge in [0.25, 0.3) is 5.91 Å². The fourth-order valence-electron chi connectivity index (χ4n) is 1.27. The van der Waals surface area contributed by atoms with Crippen molar-refractivity contribution in [2.45, 2.75) is 6.42 Å². The molecule has 0 unspecified atom stereocenters. The molecule has 1 aromatic rings. The Bertz CT molecular complexity index is 431. The first kappa shape index (κ1) is 13.5. The van der Waals surface area contributed by atoms with Crippen molar-refractivity contribution >= 4 is 23.1 Å². The molecular weight excluding hydrogens is 246 g/mol. The number of hydrogen-bond acceptors (Lipinski definition) is 2. The lowest BCUT2D eigenvalue weighted by atomic mass is 10.1. The zero-order chi connectivity index (χ0) is 13.0. The summed E-state index contributed by atoms with van der Waals surface area (Å²) >= 11 is 4.66. The van der Waals surface area contributed by atoms with Crippen LogP contribution in [0.3, 0.4) is 0 Å². The summed E-state index contributed by atoms with van der Waals surface area (Å²) in [6.45, 7) is 0.224. The molecule has 0 atom stereocenters. The summed E-state index contributed by atoms with van der Waals surface area (Å²) in [5, 5.41) is 0. The lowest BCUT2D eigenvalue weighted by Gasteiger charge is -2.17. The smallest absolute Gasteiger partial charge is 0.259 e. The summed E-state index contributed by atoms with van der Waals surface area (Å²) in [5.74, 6) is -2.48. The van der Waals surface area contributed by atoms with Gasteiger partial charge in [-0.25, -0.2) is 8.78 Å². The molecule has 0 bridgehead atoms. The number of carbonyl (C=O) groups is 1. The maximum absolute atomic E-state index is 13.3. The van der Waals surface area contributed by atoms with Crippen molar-refractivity contribution in [1.82, 2.24) is 4.90 Å². The van der Waals surface area contributed by atoms with E-state index in [-0.39, 0.29) is 11.5 Å². The van der Waals surface area contributed by atoms with Gasteiger partial charge in [0.05, 0.1) is 4.99 Å². The summed E-state index contributed by atoms with van der Waals surface area (Å²) in [7, 11) is 1.44. The van der Waals surface area contributed by atoms with Gasteiger partial charge in [0, 0.05) is 20.0 Å². The maximum atomic E-state index is 13.3. The largest absolute Gasteiger partial charge is 0.393 e. The number of halogens is 2. The van der Waals surface area contributed by atoms with Crippen molar-refractivity contribution in [3.05, 3.63) is 35.4 Å². The van der Waals surface area contributed by atoms with Crippen LogP contribution in [0, 0.1) is 11.6 Å². The molecule has 0 heterocycles. The Hall–Kier alpha value is -1.56. The summed E-state index contributed by atoms with van der Waals surface area (Å²) in [5.41, 5.74) is 4.73. The van der Waals surface area contributed by atoms with Crippen LogP contribution in [0.4, 0.5) is 8.78 Å².